The summed E-state index contributed by atoms with van der Waals surface area (Å²) in [5.74, 6) is -0.244. The molecule has 0 saturated heterocycles. The number of rotatable bonds is 2. The summed E-state index contributed by atoms with van der Waals surface area (Å²) in [5.41, 5.74) is 3.32. The van der Waals surface area contributed by atoms with Crippen molar-refractivity contribution in [3.05, 3.63) is 65.2 Å². The van der Waals surface area contributed by atoms with Crippen molar-refractivity contribution in [3.8, 4) is 0 Å². The first-order chi connectivity index (χ1) is 12.0. The molecule has 0 fully saturated rings. The van der Waals surface area contributed by atoms with Crippen LogP contribution in [0, 0.1) is 0 Å². The summed E-state index contributed by atoms with van der Waals surface area (Å²) in [6.45, 7) is 3.38. The number of hydrogen-bond acceptors (Lipinski definition) is 3. The van der Waals surface area contributed by atoms with Crippen LogP contribution in [0.5, 0.6) is 0 Å². The third-order valence-electron chi connectivity index (χ3n) is 4.67. The maximum atomic E-state index is 13.1. The number of anilines is 1. The Hall–Kier alpha value is -2.82. The fraction of sp³-hybridized carbons (Fsp3) is 0.300. The number of benzene rings is 2. The highest BCUT2D eigenvalue weighted by Crippen LogP contribution is 2.27. The van der Waals surface area contributed by atoms with Crippen LogP contribution < -0.4 is 10.2 Å². The minimum atomic E-state index is -0.191. The minimum absolute atomic E-state index is 0.0524. The van der Waals surface area contributed by atoms with Crippen LogP contribution in [0.1, 0.15) is 33.2 Å². The molecule has 3 rings (SSSR count). The van der Waals surface area contributed by atoms with Crippen molar-refractivity contribution in [2.75, 3.05) is 25.5 Å². The molecule has 2 aromatic rings. The SMILES string of the molecule is CNC(=O)c1cccc(C(=O)N2Cc3ccccc3N(C)CC2C)c1. The monoisotopic (exact) mass is 337 g/mol. The van der Waals surface area contributed by atoms with E-state index in [-0.39, 0.29) is 17.9 Å². The van der Waals surface area contributed by atoms with Gasteiger partial charge in [-0.05, 0) is 36.8 Å². The molecule has 130 valence electrons. The minimum Gasteiger partial charge on any atom is -0.372 e. The van der Waals surface area contributed by atoms with E-state index in [1.807, 2.05) is 17.0 Å². The predicted molar refractivity (Wildman–Crippen MR) is 98.9 cm³/mol. The summed E-state index contributed by atoms with van der Waals surface area (Å²) < 4.78 is 0. The van der Waals surface area contributed by atoms with E-state index in [0.29, 0.717) is 17.7 Å². The molecular weight excluding hydrogens is 314 g/mol. The molecule has 5 heteroatoms. The summed E-state index contributed by atoms with van der Waals surface area (Å²) >= 11 is 0. The molecule has 1 aliphatic rings. The molecule has 1 aliphatic heterocycles. The Morgan fingerprint density at radius 2 is 1.80 bits per heavy atom. The van der Waals surface area contributed by atoms with Crippen LogP contribution in [-0.2, 0) is 6.54 Å². The highest BCUT2D eigenvalue weighted by Gasteiger charge is 2.27. The van der Waals surface area contributed by atoms with Crippen LogP contribution in [0.25, 0.3) is 0 Å². The Balaban J connectivity index is 1.93. The van der Waals surface area contributed by atoms with Gasteiger partial charge in [-0.15, -0.1) is 0 Å². The van der Waals surface area contributed by atoms with Gasteiger partial charge in [0.2, 0.25) is 0 Å². The molecule has 5 nitrogen and oxygen atoms in total. The maximum absolute atomic E-state index is 13.1. The third-order valence-corrected chi connectivity index (χ3v) is 4.67. The molecule has 1 atom stereocenters. The molecule has 2 aromatic carbocycles. The Labute approximate surface area is 148 Å². The van der Waals surface area contributed by atoms with Crippen LogP contribution >= 0.6 is 0 Å². The number of amides is 2. The van der Waals surface area contributed by atoms with E-state index in [4.69, 9.17) is 0 Å². The molecule has 25 heavy (non-hydrogen) atoms. The number of nitrogens with one attached hydrogen (secondary N) is 1. The van der Waals surface area contributed by atoms with Gasteiger partial charge in [0.15, 0.2) is 0 Å². The fourth-order valence-electron chi connectivity index (χ4n) is 3.33. The van der Waals surface area contributed by atoms with Crippen LogP contribution in [0.15, 0.2) is 48.5 Å². The second-order valence-corrected chi connectivity index (χ2v) is 6.45. The summed E-state index contributed by atoms with van der Waals surface area (Å²) in [5, 5.41) is 2.59. The van der Waals surface area contributed by atoms with Crippen LogP contribution in [-0.4, -0.2) is 43.4 Å². The van der Waals surface area contributed by atoms with Crippen LogP contribution in [0.3, 0.4) is 0 Å². The Kier molecular flexibility index (Phi) is 4.74. The molecule has 1 unspecified atom stereocenters. The van der Waals surface area contributed by atoms with Crippen LogP contribution in [0.2, 0.25) is 0 Å². The number of para-hydroxylation sites is 1. The quantitative estimate of drug-likeness (QED) is 0.916. The van der Waals surface area contributed by atoms with Gasteiger partial charge in [-0.3, -0.25) is 9.59 Å². The summed E-state index contributed by atoms with van der Waals surface area (Å²) in [4.78, 5) is 29.0. The lowest BCUT2D eigenvalue weighted by atomic mass is 10.1. The average molecular weight is 337 g/mol. The normalized spacial score (nSPS) is 16.8. The smallest absolute Gasteiger partial charge is 0.254 e. The lowest BCUT2D eigenvalue weighted by Crippen LogP contribution is -2.42. The van der Waals surface area contributed by atoms with Crippen LogP contribution in [0.4, 0.5) is 5.69 Å². The van der Waals surface area contributed by atoms with Crippen molar-refractivity contribution in [1.29, 1.82) is 0 Å². The van der Waals surface area contributed by atoms with E-state index in [9.17, 15) is 9.59 Å². The number of nitrogens with zero attached hydrogens (tertiary/aromatic N) is 2. The largest absolute Gasteiger partial charge is 0.372 e. The van der Waals surface area contributed by atoms with E-state index < -0.39 is 0 Å². The Morgan fingerprint density at radius 1 is 1.08 bits per heavy atom. The Bertz CT molecular complexity index is 803. The van der Waals surface area contributed by atoms with Crippen molar-refractivity contribution in [2.24, 2.45) is 0 Å². The fourth-order valence-corrected chi connectivity index (χ4v) is 3.33. The topological polar surface area (TPSA) is 52.7 Å². The van der Waals surface area contributed by atoms with Crippen molar-refractivity contribution in [3.63, 3.8) is 0 Å². The third kappa shape index (κ3) is 3.36. The van der Waals surface area contributed by atoms with E-state index in [1.54, 1.807) is 31.3 Å². The van der Waals surface area contributed by atoms with Crippen molar-refractivity contribution in [2.45, 2.75) is 19.5 Å². The van der Waals surface area contributed by atoms with Gasteiger partial charge in [0.25, 0.3) is 11.8 Å². The first-order valence-corrected chi connectivity index (χ1v) is 8.43. The van der Waals surface area contributed by atoms with E-state index >= 15 is 0 Å². The van der Waals surface area contributed by atoms with Gasteiger partial charge in [-0.1, -0.05) is 24.3 Å². The van der Waals surface area contributed by atoms with Crippen molar-refractivity contribution in [1.82, 2.24) is 10.2 Å². The second kappa shape index (κ2) is 6.97. The van der Waals surface area contributed by atoms with Gasteiger partial charge in [0.05, 0.1) is 0 Å². The second-order valence-electron chi connectivity index (χ2n) is 6.45. The lowest BCUT2D eigenvalue weighted by molar-refractivity contribution is 0.0687. The lowest BCUT2D eigenvalue weighted by Gasteiger charge is -2.28. The zero-order valence-corrected chi connectivity index (χ0v) is 14.8. The molecule has 1 N–H and O–H groups in total. The number of likely N-dealkylation sites (N-methyl/N-ethyl adjacent to an activating group) is 1. The van der Waals surface area contributed by atoms with Gasteiger partial charge in [0, 0.05) is 50.0 Å². The van der Waals surface area contributed by atoms with Gasteiger partial charge in [0.1, 0.15) is 0 Å². The number of carbonyl (C=O) groups excluding carboxylic acids is 2. The first-order valence-electron chi connectivity index (χ1n) is 8.43. The van der Waals surface area contributed by atoms with Gasteiger partial charge >= 0.3 is 0 Å². The summed E-state index contributed by atoms with van der Waals surface area (Å²) in [7, 11) is 3.63. The number of fused-ring (bicyclic) bond motifs is 1. The molecule has 1 heterocycles. The van der Waals surface area contributed by atoms with E-state index in [2.05, 4.69) is 36.3 Å². The highest BCUT2D eigenvalue weighted by molar-refractivity contribution is 5.99. The van der Waals surface area contributed by atoms with Crippen molar-refractivity contribution < 1.29 is 9.59 Å². The molecular formula is C20H23N3O2. The predicted octanol–water partition coefficient (Wildman–Crippen LogP) is 2.53. The molecule has 0 bridgehead atoms. The molecule has 0 spiro atoms. The van der Waals surface area contributed by atoms with Gasteiger partial charge in [-0.25, -0.2) is 0 Å². The maximum Gasteiger partial charge on any atom is 0.254 e. The highest BCUT2D eigenvalue weighted by atomic mass is 16.2. The number of hydrogen-bond donors (Lipinski definition) is 1. The molecule has 0 radical (unpaired) electrons. The molecule has 0 aromatic heterocycles. The molecule has 2 amide bonds. The molecule has 0 aliphatic carbocycles. The van der Waals surface area contributed by atoms with Crippen molar-refractivity contribution >= 4 is 17.5 Å². The molecule has 0 saturated carbocycles. The standard InChI is InChI=1S/C20H23N3O2/c1-14-12-22(3)18-10-5-4-7-17(18)13-23(14)20(25)16-9-6-8-15(11-16)19(24)21-2/h4-11,14H,12-13H2,1-3H3,(H,21,24). The number of carbonyl (C=O) groups is 2. The van der Waals surface area contributed by atoms with Gasteiger partial charge in [-0.2, -0.15) is 0 Å². The van der Waals surface area contributed by atoms with E-state index in [1.165, 1.54) is 0 Å². The van der Waals surface area contributed by atoms with E-state index in [0.717, 1.165) is 17.8 Å². The van der Waals surface area contributed by atoms with Gasteiger partial charge < -0.3 is 15.1 Å². The zero-order chi connectivity index (χ0) is 18.0. The summed E-state index contributed by atoms with van der Waals surface area (Å²) in [6, 6.07) is 15.1. The first kappa shape index (κ1) is 17.0. The zero-order valence-electron chi connectivity index (χ0n) is 14.8. The summed E-state index contributed by atoms with van der Waals surface area (Å²) in [6.07, 6.45) is 0. The average Bonchev–Trinajstić information content (AvgIpc) is 2.77. The Morgan fingerprint density at radius 3 is 2.56 bits per heavy atom.